The Kier molecular flexibility index (Phi) is 12.2. The highest BCUT2D eigenvalue weighted by Crippen LogP contribution is 2.44. The number of urea groups is 1. The Labute approximate surface area is 376 Å². The molecule has 64 heavy (non-hydrogen) atoms. The summed E-state index contributed by atoms with van der Waals surface area (Å²) in [5, 5.41) is 10.5. The van der Waals surface area contributed by atoms with Crippen LogP contribution in [0.15, 0.2) is 48.7 Å². The number of alkyl halides is 2. The van der Waals surface area contributed by atoms with E-state index in [1.165, 1.54) is 34.9 Å². The number of aromatic nitrogens is 3. The Morgan fingerprint density at radius 1 is 0.906 bits per heavy atom. The van der Waals surface area contributed by atoms with Gasteiger partial charge in [-0.15, -0.1) is 5.10 Å². The summed E-state index contributed by atoms with van der Waals surface area (Å²) in [7, 11) is 1.78. The van der Waals surface area contributed by atoms with E-state index in [2.05, 4.69) is 25.4 Å². The Morgan fingerprint density at radius 2 is 1.64 bits per heavy atom. The molecule has 18 heteroatoms. The summed E-state index contributed by atoms with van der Waals surface area (Å²) in [6, 6.07) is 12.2. The summed E-state index contributed by atoms with van der Waals surface area (Å²) in [5.41, 5.74) is 11.0. The minimum absolute atomic E-state index is 0.0815. The Bertz CT molecular complexity index is 2440. The van der Waals surface area contributed by atoms with Crippen molar-refractivity contribution in [2.24, 2.45) is 17.1 Å². The number of benzene rings is 2. The standard InChI is InChI=1S/C43H50ClF2N11O4.C3H6/c1-48-32-22-36(51-57-35(38(47)59)23-49-39(32)57)55-15-8-30-28(3-2-4-33(30)55)24-53-14-7-29(43(45,46)26-53)25-52-17-10-42(11-18-52)12-19-54(20-13-42)40(60)27-5-6-31(44)34(21-27)56-16-9-37(58)50-41(56)61;1-2-3-1/h2-6,21-23,29,48H,7-20,24-26H2,1H3,(H2,47,59)(H,50,58,61);1-3H2. The van der Waals surface area contributed by atoms with Crippen molar-refractivity contribution in [2.75, 3.05) is 81.1 Å². The maximum atomic E-state index is 16.0. The SMILES string of the molecule is C1CC1.CNc1cc(N2CCc3c(CN4CCC(CN5CCC6(CC5)CCN(C(=O)c5ccc(Cl)c(N7CCC(=O)NC7=O)c5)CC6)C(F)(F)C4)cccc32)nn2c(C(N)=O)cnc12. The van der Waals surface area contributed by atoms with Gasteiger partial charge in [-0.1, -0.05) is 43.0 Å². The number of nitrogens with one attached hydrogen (secondary N) is 2. The molecular formula is C46H56ClF2N11O4. The topological polar surface area (TPSA) is 165 Å². The molecule has 340 valence electrons. The van der Waals surface area contributed by atoms with Gasteiger partial charge in [0.05, 0.1) is 29.1 Å². The van der Waals surface area contributed by atoms with Gasteiger partial charge in [0, 0.05) is 76.0 Å². The molecule has 4 aromatic rings. The fourth-order valence-electron chi connectivity index (χ4n) is 10.0. The first kappa shape index (κ1) is 43.8. The van der Waals surface area contributed by atoms with Crippen LogP contribution in [0, 0.1) is 11.3 Å². The minimum atomic E-state index is -2.83. The number of fused-ring (bicyclic) bond motifs is 2. The third kappa shape index (κ3) is 8.98. The molecule has 0 bridgehead atoms. The minimum Gasteiger partial charge on any atom is -0.385 e. The van der Waals surface area contributed by atoms with Gasteiger partial charge in [-0.2, -0.15) is 0 Å². The predicted octanol–water partition coefficient (Wildman–Crippen LogP) is 6.31. The Hall–Kier alpha value is -5.39. The number of carbonyl (C=O) groups is 4. The average molecular weight is 900 g/mol. The van der Waals surface area contributed by atoms with Crippen LogP contribution in [0.25, 0.3) is 5.65 Å². The first-order chi connectivity index (χ1) is 30.8. The highest BCUT2D eigenvalue weighted by atomic mass is 35.5. The number of halogens is 3. The second-order valence-electron chi connectivity index (χ2n) is 18.3. The van der Waals surface area contributed by atoms with E-state index in [-0.39, 0.29) is 42.4 Å². The lowest BCUT2D eigenvalue weighted by molar-refractivity contribution is -0.123. The number of imide groups is 1. The van der Waals surface area contributed by atoms with Gasteiger partial charge >= 0.3 is 6.03 Å². The Morgan fingerprint density at radius 3 is 2.33 bits per heavy atom. The van der Waals surface area contributed by atoms with E-state index in [1.807, 2.05) is 34.1 Å². The Balaban J connectivity index is 0.00000166. The molecule has 1 saturated carbocycles. The number of imidazole rings is 1. The number of piperidine rings is 3. The number of primary amides is 1. The molecule has 5 aliphatic heterocycles. The molecule has 2 aromatic heterocycles. The van der Waals surface area contributed by atoms with Crippen molar-refractivity contribution in [1.82, 2.24) is 34.6 Å². The fourth-order valence-corrected chi connectivity index (χ4v) is 10.2. The number of rotatable bonds is 9. The predicted molar refractivity (Wildman–Crippen MR) is 241 cm³/mol. The largest absolute Gasteiger partial charge is 0.385 e. The lowest BCUT2D eigenvalue weighted by Crippen LogP contribution is -2.53. The lowest BCUT2D eigenvalue weighted by Gasteiger charge is -2.48. The molecule has 1 spiro atoms. The number of anilines is 4. The van der Waals surface area contributed by atoms with Gasteiger partial charge < -0.3 is 25.8 Å². The van der Waals surface area contributed by atoms with Crippen molar-refractivity contribution in [1.29, 1.82) is 0 Å². The quantitative estimate of drug-likeness (QED) is 0.174. The van der Waals surface area contributed by atoms with Crippen LogP contribution in [0.1, 0.15) is 89.8 Å². The molecule has 5 fully saturated rings. The fraction of sp³-hybridized carbons (Fsp3) is 0.522. The first-order valence-corrected chi connectivity index (χ1v) is 23.0. The van der Waals surface area contributed by atoms with Crippen LogP contribution < -0.4 is 26.2 Å². The molecule has 6 aliphatic rings. The van der Waals surface area contributed by atoms with E-state index < -0.39 is 23.8 Å². The highest BCUT2D eigenvalue weighted by molar-refractivity contribution is 6.34. The van der Waals surface area contributed by atoms with Crippen LogP contribution in [0.3, 0.4) is 0 Å². The second-order valence-corrected chi connectivity index (χ2v) is 18.7. The van der Waals surface area contributed by atoms with Gasteiger partial charge in [0.15, 0.2) is 11.5 Å². The van der Waals surface area contributed by atoms with E-state index in [9.17, 15) is 19.2 Å². The number of hydrogen-bond acceptors (Lipinski definition) is 10. The van der Waals surface area contributed by atoms with E-state index in [4.69, 9.17) is 22.4 Å². The zero-order valence-corrected chi connectivity index (χ0v) is 37.0. The molecule has 1 atom stereocenters. The highest BCUT2D eigenvalue weighted by Gasteiger charge is 2.47. The molecule has 2 aromatic carbocycles. The molecule has 15 nitrogen and oxygen atoms in total. The number of carbonyl (C=O) groups excluding carboxylic acids is 4. The second kappa shape index (κ2) is 17.9. The van der Waals surface area contributed by atoms with E-state index in [0.29, 0.717) is 79.1 Å². The summed E-state index contributed by atoms with van der Waals surface area (Å²) < 4.78 is 33.4. The summed E-state index contributed by atoms with van der Waals surface area (Å²) in [6.07, 6.45) is 10.7. The molecule has 4 saturated heterocycles. The van der Waals surface area contributed by atoms with Crippen molar-refractivity contribution >= 4 is 63.9 Å². The molecule has 4 N–H and O–H groups in total. The molecule has 10 rings (SSSR count). The molecule has 5 amide bonds. The molecular weight excluding hydrogens is 844 g/mol. The van der Waals surface area contributed by atoms with E-state index >= 15 is 8.78 Å². The molecule has 1 aliphatic carbocycles. The number of amides is 5. The van der Waals surface area contributed by atoms with Crippen LogP contribution in [0.5, 0.6) is 0 Å². The van der Waals surface area contributed by atoms with Crippen LogP contribution >= 0.6 is 11.6 Å². The van der Waals surface area contributed by atoms with Gasteiger partial charge in [-0.3, -0.25) is 29.5 Å². The molecule has 0 radical (unpaired) electrons. The van der Waals surface area contributed by atoms with Gasteiger partial charge in [-0.05, 0) is 99.0 Å². The normalized spacial score (nSPS) is 21.9. The number of likely N-dealkylation sites (tertiary alicyclic amines) is 3. The third-order valence-electron chi connectivity index (χ3n) is 14.0. The monoisotopic (exact) mass is 899 g/mol. The van der Waals surface area contributed by atoms with Crippen LogP contribution in [0.2, 0.25) is 5.02 Å². The zero-order chi connectivity index (χ0) is 44.8. The number of nitrogens with zero attached hydrogens (tertiary/aromatic N) is 8. The molecule has 1 unspecified atom stereocenters. The first-order valence-electron chi connectivity index (χ1n) is 22.6. The lowest BCUT2D eigenvalue weighted by atomic mass is 9.71. The van der Waals surface area contributed by atoms with Crippen molar-refractivity contribution in [2.45, 2.75) is 76.7 Å². The van der Waals surface area contributed by atoms with Crippen molar-refractivity contribution in [3.05, 3.63) is 76.1 Å². The third-order valence-corrected chi connectivity index (χ3v) is 14.3. The van der Waals surface area contributed by atoms with Crippen LogP contribution in [0.4, 0.5) is 36.5 Å². The van der Waals surface area contributed by atoms with Crippen molar-refractivity contribution in [3.8, 4) is 0 Å². The smallest absolute Gasteiger partial charge is 0.328 e. The van der Waals surface area contributed by atoms with Crippen molar-refractivity contribution in [3.63, 3.8) is 0 Å². The summed E-state index contributed by atoms with van der Waals surface area (Å²) in [5.74, 6) is -4.02. The van der Waals surface area contributed by atoms with Gasteiger partial charge in [0.2, 0.25) is 5.91 Å². The molecule has 7 heterocycles. The van der Waals surface area contributed by atoms with Crippen LogP contribution in [-0.4, -0.2) is 125 Å². The number of nitrogens with two attached hydrogens (primary N) is 1. The number of hydrogen-bond donors (Lipinski definition) is 3. The van der Waals surface area contributed by atoms with Gasteiger partial charge in [0.1, 0.15) is 5.69 Å². The summed E-state index contributed by atoms with van der Waals surface area (Å²) in [6.45, 7) is 4.68. The summed E-state index contributed by atoms with van der Waals surface area (Å²) in [4.78, 5) is 63.5. The van der Waals surface area contributed by atoms with E-state index in [1.54, 1.807) is 25.2 Å². The average Bonchev–Trinajstić information content (AvgIpc) is 4.00. The summed E-state index contributed by atoms with van der Waals surface area (Å²) >= 11 is 6.41. The maximum absolute atomic E-state index is 16.0. The van der Waals surface area contributed by atoms with Gasteiger partial charge in [-0.25, -0.2) is 23.1 Å². The van der Waals surface area contributed by atoms with Crippen molar-refractivity contribution < 1.29 is 28.0 Å². The van der Waals surface area contributed by atoms with Gasteiger partial charge in [0.25, 0.3) is 17.7 Å². The maximum Gasteiger partial charge on any atom is 0.328 e. The zero-order valence-electron chi connectivity index (χ0n) is 36.3. The van der Waals surface area contributed by atoms with Crippen LogP contribution in [-0.2, 0) is 17.8 Å². The van der Waals surface area contributed by atoms with E-state index in [0.717, 1.165) is 62.0 Å².